The van der Waals surface area contributed by atoms with Gasteiger partial charge in [-0.15, -0.1) is 0 Å². The first-order chi connectivity index (χ1) is 13.3. The van der Waals surface area contributed by atoms with Crippen LogP contribution in [0.15, 0.2) is 24.7 Å². The van der Waals surface area contributed by atoms with E-state index in [1.165, 1.54) is 31.4 Å². The van der Waals surface area contributed by atoms with E-state index in [-0.39, 0.29) is 12.1 Å². The normalized spacial score (nSPS) is 22.6. The summed E-state index contributed by atoms with van der Waals surface area (Å²) in [4.78, 5) is 13.7. The molecule has 0 radical (unpaired) electrons. The van der Waals surface area contributed by atoms with E-state index in [9.17, 15) is 0 Å². The van der Waals surface area contributed by atoms with Gasteiger partial charge in [0.05, 0.1) is 11.2 Å². The smallest absolute Gasteiger partial charge is 0.223 e. The van der Waals surface area contributed by atoms with E-state index in [2.05, 4.69) is 26.0 Å². The molecular formula is C20H25N7. The molecule has 0 amide bonds. The topological polar surface area (TPSA) is 94.5 Å². The Morgan fingerprint density at radius 1 is 1.07 bits per heavy atom. The fourth-order valence-electron chi connectivity index (χ4n) is 4.27. The molecule has 0 aromatic carbocycles. The number of rotatable bonds is 3. The van der Waals surface area contributed by atoms with Crippen LogP contribution in [0.2, 0.25) is 0 Å². The lowest BCUT2D eigenvalue weighted by Crippen LogP contribution is -2.42. The van der Waals surface area contributed by atoms with E-state index < -0.39 is 0 Å². The standard InChI is InChI=1S/C20H25N7/c21-16-6-1-2-7-17(16)24-20-23-11-13-10-22-12-15(19(13)25-20)18-9-14-5-3-4-8-27(14)26-18/h9-12,16-17H,1-8,21H2,(H,23,24,25)/t16-,17+/m1/s1. The van der Waals surface area contributed by atoms with E-state index in [0.29, 0.717) is 5.95 Å². The van der Waals surface area contributed by atoms with Crippen LogP contribution in [0.25, 0.3) is 22.2 Å². The maximum absolute atomic E-state index is 6.28. The largest absolute Gasteiger partial charge is 0.350 e. The van der Waals surface area contributed by atoms with Crippen LogP contribution in [0, 0.1) is 0 Å². The zero-order chi connectivity index (χ0) is 18.2. The molecular weight excluding hydrogens is 338 g/mol. The number of hydrogen-bond acceptors (Lipinski definition) is 6. The van der Waals surface area contributed by atoms with Gasteiger partial charge in [0.2, 0.25) is 5.95 Å². The number of aryl methyl sites for hydroxylation is 2. The number of fused-ring (bicyclic) bond motifs is 2. The van der Waals surface area contributed by atoms with Crippen molar-refractivity contribution in [2.75, 3.05) is 5.32 Å². The molecule has 140 valence electrons. The number of hydrogen-bond donors (Lipinski definition) is 2. The van der Waals surface area contributed by atoms with Gasteiger partial charge in [-0.25, -0.2) is 9.97 Å². The highest BCUT2D eigenvalue weighted by molar-refractivity contribution is 5.91. The molecule has 27 heavy (non-hydrogen) atoms. The molecule has 5 rings (SSSR count). The first-order valence-electron chi connectivity index (χ1n) is 9.98. The summed E-state index contributed by atoms with van der Waals surface area (Å²) in [5.74, 6) is 0.640. The zero-order valence-electron chi connectivity index (χ0n) is 15.4. The monoisotopic (exact) mass is 363 g/mol. The average molecular weight is 363 g/mol. The molecule has 1 aliphatic heterocycles. The Bertz CT molecular complexity index is 941. The van der Waals surface area contributed by atoms with Crippen LogP contribution >= 0.6 is 0 Å². The number of nitrogens with one attached hydrogen (secondary N) is 1. The van der Waals surface area contributed by atoms with Gasteiger partial charge >= 0.3 is 0 Å². The van der Waals surface area contributed by atoms with Crippen molar-refractivity contribution in [3.05, 3.63) is 30.4 Å². The Labute approximate surface area is 158 Å². The minimum atomic E-state index is 0.162. The Balaban J connectivity index is 1.52. The van der Waals surface area contributed by atoms with Crippen molar-refractivity contribution in [1.82, 2.24) is 24.7 Å². The molecule has 3 aromatic heterocycles. The van der Waals surface area contributed by atoms with E-state index in [0.717, 1.165) is 48.0 Å². The number of nitrogens with zero attached hydrogens (tertiary/aromatic N) is 5. The van der Waals surface area contributed by atoms with E-state index in [1.54, 1.807) is 0 Å². The summed E-state index contributed by atoms with van der Waals surface area (Å²) < 4.78 is 2.12. The first kappa shape index (κ1) is 16.6. The Morgan fingerprint density at radius 2 is 2.00 bits per heavy atom. The third-order valence-electron chi connectivity index (χ3n) is 5.82. The van der Waals surface area contributed by atoms with Gasteiger partial charge in [-0.05, 0) is 38.2 Å². The van der Waals surface area contributed by atoms with Gasteiger partial charge in [0.1, 0.15) is 0 Å². The highest BCUT2D eigenvalue weighted by Crippen LogP contribution is 2.28. The van der Waals surface area contributed by atoms with Crippen LogP contribution in [0.5, 0.6) is 0 Å². The highest BCUT2D eigenvalue weighted by Gasteiger charge is 2.23. The molecule has 1 saturated carbocycles. The third kappa shape index (κ3) is 3.16. The summed E-state index contributed by atoms with van der Waals surface area (Å²) in [5, 5.41) is 9.19. The molecule has 0 saturated heterocycles. The lowest BCUT2D eigenvalue weighted by molar-refractivity contribution is 0.402. The van der Waals surface area contributed by atoms with Gasteiger partial charge < -0.3 is 11.1 Å². The third-order valence-corrected chi connectivity index (χ3v) is 5.82. The summed E-state index contributed by atoms with van der Waals surface area (Å²) in [6.45, 7) is 0.995. The molecule has 7 heteroatoms. The summed E-state index contributed by atoms with van der Waals surface area (Å²) in [6, 6.07) is 2.58. The maximum atomic E-state index is 6.28. The number of aromatic nitrogens is 5. The second-order valence-corrected chi connectivity index (χ2v) is 7.72. The Morgan fingerprint density at radius 3 is 2.89 bits per heavy atom. The lowest BCUT2D eigenvalue weighted by atomic mass is 9.91. The fraction of sp³-hybridized carbons (Fsp3) is 0.500. The molecule has 7 nitrogen and oxygen atoms in total. The predicted octanol–water partition coefficient (Wildman–Crippen LogP) is 2.91. The number of anilines is 1. The maximum Gasteiger partial charge on any atom is 0.223 e. The lowest BCUT2D eigenvalue weighted by Gasteiger charge is -2.29. The van der Waals surface area contributed by atoms with Crippen molar-refractivity contribution in [1.29, 1.82) is 0 Å². The zero-order valence-corrected chi connectivity index (χ0v) is 15.4. The second kappa shape index (κ2) is 6.88. The molecule has 1 aliphatic carbocycles. The molecule has 0 unspecified atom stereocenters. The highest BCUT2D eigenvalue weighted by atomic mass is 15.3. The summed E-state index contributed by atoms with van der Waals surface area (Å²) in [6.07, 6.45) is 13.6. The van der Waals surface area contributed by atoms with Crippen LogP contribution in [-0.4, -0.2) is 36.8 Å². The van der Waals surface area contributed by atoms with E-state index >= 15 is 0 Å². The van der Waals surface area contributed by atoms with Crippen molar-refractivity contribution in [3.8, 4) is 11.3 Å². The van der Waals surface area contributed by atoms with Gasteiger partial charge in [-0.3, -0.25) is 9.67 Å². The van der Waals surface area contributed by atoms with Gasteiger partial charge in [-0.2, -0.15) is 5.10 Å². The van der Waals surface area contributed by atoms with E-state index in [4.69, 9.17) is 15.8 Å². The number of pyridine rings is 1. The average Bonchev–Trinajstić information content (AvgIpc) is 3.13. The van der Waals surface area contributed by atoms with Crippen LogP contribution in [-0.2, 0) is 13.0 Å². The van der Waals surface area contributed by atoms with Crippen LogP contribution in [0.1, 0.15) is 44.2 Å². The van der Waals surface area contributed by atoms with Gasteiger partial charge in [0, 0.05) is 53.9 Å². The minimum absolute atomic E-state index is 0.162. The van der Waals surface area contributed by atoms with Crippen molar-refractivity contribution < 1.29 is 0 Å². The minimum Gasteiger partial charge on any atom is -0.350 e. The molecule has 2 aliphatic rings. The Kier molecular flexibility index (Phi) is 4.24. The molecule has 0 spiro atoms. The summed E-state index contributed by atoms with van der Waals surface area (Å²) >= 11 is 0. The molecule has 3 aromatic rings. The second-order valence-electron chi connectivity index (χ2n) is 7.72. The van der Waals surface area contributed by atoms with E-state index in [1.807, 2.05) is 18.6 Å². The quantitative estimate of drug-likeness (QED) is 0.743. The van der Waals surface area contributed by atoms with Crippen molar-refractivity contribution in [2.45, 2.75) is 63.6 Å². The van der Waals surface area contributed by atoms with Gasteiger partial charge in [0.15, 0.2) is 0 Å². The number of nitrogens with two attached hydrogens (primary N) is 1. The van der Waals surface area contributed by atoms with Crippen molar-refractivity contribution in [2.24, 2.45) is 5.73 Å². The molecule has 4 heterocycles. The van der Waals surface area contributed by atoms with Gasteiger partial charge in [0.25, 0.3) is 0 Å². The van der Waals surface area contributed by atoms with Gasteiger partial charge in [-0.1, -0.05) is 12.8 Å². The molecule has 3 N–H and O–H groups in total. The first-order valence-corrected chi connectivity index (χ1v) is 9.98. The van der Waals surface area contributed by atoms with Crippen LogP contribution in [0.4, 0.5) is 5.95 Å². The van der Waals surface area contributed by atoms with Crippen molar-refractivity contribution >= 4 is 16.9 Å². The SMILES string of the molecule is N[C@@H]1CCCC[C@@H]1Nc1ncc2cncc(-c3cc4n(n3)CCCC4)c2n1. The summed E-state index contributed by atoms with van der Waals surface area (Å²) in [5.41, 5.74) is 10.4. The Hall–Kier alpha value is -2.54. The van der Waals surface area contributed by atoms with Crippen LogP contribution < -0.4 is 11.1 Å². The molecule has 1 fully saturated rings. The molecule has 0 bridgehead atoms. The van der Waals surface area contributed by atoms with Crippen LogP contribution in [0.3, 0.4) is 0 Å². The predicted molar refractivity (Wildman–Crippen MR) is 105 cm³/mol. The van der Waals surface area contributed by atoms with Crippen molar-refractivity contribution in [3.63, 3.8) is 0 Å². The summed E-state index contributed by atoms with van der Waals surface area (Å²) in [7, 11) is 0. The molecule has 2 atom stereocenters. The fourth-order valence-corrected chi connectivity index (χ4v) is 4.27.